The summed E-state index contributed by atoms with van der Waals surface area (Å²) < 4.78 is 7.76. The van der Waals surface area contributed by atoms with Gasteiger partial charge in [-0.15, -0.1) is 0 Å². The molecule has 33 heavy (non-hydrogen) atoms. The highest BCUT2D eigenvalue weighted by atomic mass is 16.6. The number of amides is 1. The smallest absolute Gasteiger partial charge is 0.407 e. The molecular formula is C23H28N6O4. The molecule has 2 atom stereocenters. The fourth-order valence-corrected chi connectivity index (χ4v) is 4.04. The van der Waals surface area contributed by atoms with E-state index < -0.39 is 22.9 Å². The number of aryl methyl sites for hydroxylation is 1. The average Bonchev–Trinajstić information content (AvgIpc) is 3.18. The zero-order chi connectivity index (χ0) is 23.8. The van der Waals surface area contributed by atoms with Gasteiger partial charge in [0.25, 0.3) is 5.56 Å². The van der Waals surface area contributed by atoms with Gasteiger partial charge in [0.05, 0.1) is 17.3 Å². The number of hydrogen-bond donors (Lipinski definition) is 2. The Kier molecular flexibility index (Phi) is 5.92. The molecule has 0 radical (unpaired) electrons. The second-order valence-corrected chi connectivity index (χ2v) is 9.26. The van der Waals surface area contributed by atoms with Gasteiger partial charge in [0.15, 0.2) is 0 Å². The Morgan fingerprint density at radius 1 is 1.12 bits per heavy atom. The molecule has 174 valence electrons. The fourth-order valence-electron chi connectivity index (χ4n) is 4.04. The molecule has 1 aliphatic carbocycles. The van der Waals surface area contributed by atoms with Crippen molar-refractivity contribution in [3.8, 4) is 5.69 Å². The fraction of sp³-hybridized carbons (Fsp3) is 0.435. The van der Waals surface area contributed by atoms with Crippen LogP contribution in [0.5, 0.6) is 0 Å². The molecule has 1 fully saturated rings. The zero-order valence-electron chi connectivity index (χ0n) is 19.2. The van der Waals surface area contributed by atoms with Crippen LogP contribution in [-0.2, 0) is 11.8 Å². The first-order valence-corrected chi connectivity index (χ1v) is 10.9. The van der Waals surface area contributed by atoms with E-state index in [1.807, 2.05) is 20.8 Å². The quantitative estimate of drug-likeness (QED) is 0.623. The van der Waals surface area contributed by atoms with Crippen LogP contribution in [0.4, 0.5) is 10.6 Å². The van der Waals surface area contributed by atoms with Crippen molar-refractivity contribution < 1.29 is 9.53 Å². The predicted octanol–water partition coefficient (Wildman–Crippen LogP) is 2.34. The molecule has 4 rings (SSSR count). The molecule has 1 amide bonds. The highest BCUT2D eigenvalue weighted by Gasteiger charge is 2.28. The number of anilines is 1. The topological polar surface area (TPSA) is 120 Å². The summed E-state index contributed by atoms with van der Waals surface area (Å²) >= 11 is 0. The maximum absolute atomic E-state index is 12.9. The molecule has 0 bridgehead atoms. The Labute approximate surface area is 190 Å². The highest BCUT2D eigenvalue weighted by Crippen LogP contribution is 2.23. The van der Waals surface area contributed by atoms with Gasteiger partial charge in [0, 0.05) is 25.3 Å². The largest absolute Gasteiger partial charge is 0.444 e. The summed E-state index contributed by atoms with van der Waals surface area (Å²) in [5.74, 6) is 0.633. The average molecular weight is 453 g/mol. The zero-order valence-corrected chi connectivity index (χ0v) is 19.2. The Hall–Kier alpha value is -3.69. The molecule has 0 spiro atoms. The number of ether oxygens (including phenoxy) is 1. The van der Waals surface area contributed by atoms with Crippen LogP contribution < -0.4 is 21.9 Å². The number of aromatic nitrogens is 4. The summed E-state index contributed by atoms with van der Waals surface area (Å²) in [5, 5.41) is 6.63. The lowest BCUT2D eigenvalue weighted by atomic mass is 10.2. The van der Waals surface area contributed by atoms with E-state index in [4.69, 9.17) is 4.74 Å². The predicted molar refractivity (Wildman–Crippen MR) is 125 cm³/mol. The molecule has 10 heteroatoms. The number of carbonyl (C=O) groups excluding carboxylic acids is 1. The van der Waals surface area contributed by atoms with E-state index >= 15 is 0 Å². The van der Waals surface area contributed by atoms with Crippen molar-refractivity contribution in [3.05, 3.63) is 57.5 Å². The molecule has 0 aliphatic heterocycles. The Morgan fingerprint density at radius 2 is 1.88 bits per heavy atom. The third-order valence-electron chi connectivity index (χ3n) is 5.53. The van der Waals surface area contributed by atoms with Gasteiger partial charge < -0.3 is 15.4 Å². The van der Waals surface area contributed by atoms with Crippen molar-refractivity contribution in [1.82, 2.24) is 24.4 Å². The minimum Gasteiger partial charge on any atom is -0.444 e. The molecule has 3 aromatic rings. The van der Waals surface area contributed by atoms with Gasteiger partial charge in [-0.3, -0.25) is 9.36 Å². The highest BCUT2D eigenvalue weighted by molar-refractivity contribution is 5.73. The van der Waals surface area contributed by atoms with E-state index in [1.165, 1.54) is 10.8 Å². The lowest BCUT2D eigenvalue weighted by Crippen LogP contribution is -2.38. The van der Waals surface area contributed by atoms with Gasteiger partial charge in [0.2, 0.25) is 0 Å². The van der Waals surface area contributed by atoms with Crippen LogP contribution in [0.1, 0.15) is 40.0 Å². The van der Waals surface area contributed by atoms with Crippen molar-refractivity contribution in [2.24, 2.45) is 7.05 Å². The number of carbonyl (C=O) groups is 1. The molecule has 10 nitrogen and oxygen atoms in total. The van der Waals surface area contributed by atoms with E-state index in [1.54, 1.807) is 37.5 Å². The first-order chi connectivity index (χ1) is 15.6. The molecule has 0 saturated heterocycles. The summed E-state index contributed by atoms with van der Waals surface area (Å²) in [6.45, 7) is 5.50. The normalized spacial score (nSPS) is 18.3. The van der Waals surface area contributed by atoms with Crippen molar-refractivity contribution in [1.29, 1.82) is 0 Å². The summed E-state index contributed by atoms with van der Waals surface area (Å²) in [4.78, 5) is 46.2. The van der Waals surface area contributed by atoms with Crippen LogP contribution in [0.15, 0.2) is 46.2 Å². The van der Waals surface area contributed by atoms with Crippen molar-refractivity contribution in [2.45, 2.75) is 57.7 Å². The van der Waals surface area contributed by atoms with E-state index in [0.29, 0.717) is 22.5 Å². The van der Waals surface area contributed by atoms with Gasteiger partial charge in [-0.25, -0.2) is 24.1 Å². The van der Waals surface area contributed by atoms with Crippen LogP contribution in [0, 0.1) is 0 Å². The molecular weight excluding hydrogens is 424 g/mol. The summed E-state index contributed by atoms with van der Waals surface area (Å²) in [6, 6.07) is 6.91. The van der Waals surface area contributed by atoms with Gasteiger partial charge >= 0.3 is 11.8 Å². The number of alkyl carbamates (subject to hydrolysis) is 1. The molecule has 1 aliphatic rings. The number of rotatable bonds is 4. The third kappa shape index (κ3) is 4.89. The minimum absolute atomic E-state index is 0.0319. The monoisotopic (exact) mass is 452 g/mol. The molecule has 3 aromatic heterocycles. The van der Waals surface area contributed by atoms with Gasteiger partial charge in [-0.2, -0.15) is 0 Å². The first-order valence-electron chi connectivity index (χ1n) is 10.9. The lowest BCUT2D eigenvalue weighted by molar-refractivity contribution is 0.0505. The third-order valence-corrected chi connectivity index (χ3v) is 5.53. The number of fused-ring (bicyclic) bond motifs is 1. The summed E-state index contributed by atoms with van der Waals surface area (Å²) in [5.41, 5.74) is -0.731. The molecule has 3 heterocycles. The van der Waals surface area contributed by atoms with E-state index in [2.05, 4.69) is 20.6 Å². The van der Waals surface area contributed by atoms with Crippen LogP contribution in [-0.4, -0.2) is 42.9 Å². The van der Waals surface area contributed by atoms with Crippen molar-refractivity contribution >= 4 is 22.9 Å². The standard InChI is InChI=1S/C23H28N6O4/c1-23(2,3)33-21(31)27-15-8-7-14(12-15)26-18-10-9-16(13-25-18)29-20(30)17-6-5-11-24-19(17)28(4)22(29)32/h5-6,9-11,13-15H,7-8,12H2,1-4H3,(H,25,26)(H,27,31)/t14-,15-/m0/s1. The second kappa shape index (κ2) is 8.68. The van der Waals surface area contributed by atoms with Crippen LogP contribution in [0.3, 0.4) is 0 Å². The summed E-state index contributed by atoms with van der Waals surface area (Å²) in [7, 11) is 1.58. The minimum atomic E-state index is -0.531. The molecule has 2 N–H and O–H groups in total. The van der Waals surface area contributed by atoms with Gasteiger partial charge in [0.1, 0.15) is 17.1 Å². The van der Waals surface area contributed by atoms with Crippen molar-refractivity contribution in [2.75, 3.05) is 5.32 Å². The lowest BCUT2D eigenvalue weighted by Gasteiger charge is -2.22. The van der Waals surface area contributed by atoms with E-state index in [9.17, 15) is 14.4 Å². The maximum atomic E-state index is 12.9. The number of nitrogens with one attached hydrogen (secondary N) is 2. The first kappa shape index (κ1) is 22.5. The van der Waals surface area contributed by atoms with Crippen LogP contribution in [0.2, 0.25) is 0 Å². The van der Waals surface area contributed by atoms with Crippen molar-refractivity contribution in [3.63, 3.8) is 0 Å². The second-order valence-electron chi connectivity index (χ2n) is 9.26. The SMILES string of the molecule is Cn1c(=O)n(-c2ccc(N[C@H]3CC[C@H](NC(=O)OC(C)(C)C)C3)nc2)c(=O)c2cccnc21. The summed E-state index contributed by atoms with van der Waals surface area (Å²) in [6.07, 6.45) is 5.10. The van der Waals surface area contributed by atoms with Gasteiger partial charge in [-0.05, 0) is 64.3 Å². The Morgan fingerprint density at radius 3 is 2.58 bits per heavy atom. The number of nitrogens with zero attached hydrogens (tertiary/aromatic N) is 4. The number of hydrogen-bond acceptors (Lipinski definition) is 7. The maximum Gasteiger partial charge on any atom is 0.407 e. The Bertz CT molecular complexity index is 1290. The molecule has 0 unspecified atom stereocenters. The van der Waals surface area contributed by atoms with Crippen LogP contribution in [0.25, 0.3) is 16.7 Å². The number of pyridine rings is 2. The van der Waals surface area contributed by atoms with E-state index in [-0.39, 0.29) is 12.1 Å². The van der Waals surface area contributed by atoms with Crippen LogP contribution >= 0.6 is 0 Å². The Balaban J connectivity index is 1.46. The molecule has 1 saturated carbocycles. The van der Waals surface area contributed by atoms with E-state index in [0.717, 1.165) is 23.8 Å². The van der Waals surface area contributed by atoms with Gasteiger partial charge in [-0.1, -0.05) is 0 Å². The molecule has 0 aromatic carbocycles.